The fourth-order valence-corrected chi connectivity index (χ4v) is 6.12. The quantitative estimate of drug-likeness (QED) is 0.232. The van der Waals surface area contributed by atoms with E-state index in [9.17, 15) is 19.0 Å². The predicted octanol–water partition coefficient (Wildman–Crippen LogP) is 5.11. The summed E-state index contributed by atoms with van der Waals surface area (Å²) in [7, 11) is -2.93. The molecular formula is C29H46N4O4S. The molecule has 0 radical (unpaired) electrons. The molecule has 0 spiro atoms. The van der Waals surface area contributed by atoms with Crippen molar-refractivity contribution in [3.63, 3.8) is 0 Å². The highest BCUT2D eigenvalue weighted by Gasteiger charge is 2.29. The van der Waals surface area contributed by atoms with E-state index in [4.69, 9.17) is 0 Å². The maximum absolute atomic E-state index is 13.6. The molecule has 2 aromatic carbocycles. The molecule has 0 saturated carbocycles. The molecule has 1 aliphatic heterocycles. The molecule has 2 unspecified atom stereocenters. The molecule has 8 nitrogen and oxygen atoms in total. The van der Waals surface area contributed by atoms with Crippen LogP contribution in [0.25, 0.3) is 0 Å². The van der Waals surface area contributed by atoms with Crippen molar-refractivity contribution < 1.29 is 19.0 Å². The van der Waals surface area contributed by atoms with Crippen LogP contribution in [0.4, 0.5) is 11.4 Å². The first kappa shape index (κ1) is 30.2. The van der Waals surface area contributed by atoms with Crippen molar-refractivity contribution >= 4 is 28.1 Å². The van der Waals surface area contributed by atoms with Gasteiger partial charge in [0, 0.05) is 36.9 Å². The molecule has 6 N–H and O–H groups in total. The van der Waals surface area contributed by atoms with Crippen LogP contribution in [0.2, 0.25) is 0 Å². The third kappa shape index (κ3) is 8.35. The van der Waals surface area contributed by atoms with E-state index in [1.165, 1.54) is 0 Å². The van der Waals surface area contributed by atoms with Gasteiger partial charge in [-0.15, -0.1) is 10.8 Å². The van der Waals surface area contributed by atoms with Crippen molar-refractivity contribution in [1.29, 1.82) is 0 Å². The Balaban J connectivity index is 1.85. The average Bonchev–Trinajstić information content (AvgIpc) is 2.86. The molecule has 1 heterocycles. The Morgan fingerprint density at radius 2 is 1.82 bits per heavy atom. The van der Waals surface area contributed by atoms with E-state index in [0.717, 1.165) is 24.1 Å². The summed E-state index contributed by atoms with van der Waals surface area (Å²) in [6.07, 6.45) is 1.29. The summed E-state index contributed by atoms with van der Waals surface area (Å²) in [5.74, 6) is 0.00835. The smallest absolute Gasteiger partial charge is 0.251 e. The van der Waals surface area contributed by atoms with Crippen molar-refractivity contribution in [1.82, 2.24) is 10.6 Å². The molecule has 38 heavy (non-hydrogen) atoms. The van der Waals surface area contributed by atoms with Crippen molar-refractivity contribution in [3.8, 4) is 0 Å². The van der Waals surface area contributed by atoms with Crippen LogP contribution in [0.3, 0.4) is 0 Å². The van der Waals surface area contributed by atoms with E-state index >= 15 is 0 Å². The third-order valence-electron chi connectivity index (χ3n) is 7.24. The first-order chi connectivity index (χ1) is 17.9. The number of carbonyl (C=O) groups excluding carboxylic acids is 1. The maximum atomic E-state index is 13.6. The molecule has 1 saturated heterocycles. The van der Waals surface area contributed by atoms with E-state index in [1.807, 2.05) is 43.3 Å². The van der Waals surface area contributed by atoms with Crippen molar-refractivity contribution in [2.24, 2.45) is 5.41 Å². The number of carbonyl (C=O) groups is 1. The van der Waals surface area contributed by atoms with Gasteiger partial charge in [0.25, 0.3) is 5.91 Å². The summed E-state index contributed by atoms with van der Waals surface area (Å²) < 4.78 is 23.0. The van der Waals surface area contributed by atoms with Gasteiger partial charge in [-0.1, -0.05) is 51.1 Å². The zero-order valence-electron chi connectivity index (χ0n) is 23.4. The number of aliphatic hydroxyl groups excluding tert-OH is 1. The monoisotopic (exact) mass is 546 g/mol. The molecule has 1 amide bonds. The van der Waals surface area contributed by atoms with Crippen LogP contribution < -0.4 is 20.3 Å². The highest BCUT2D eigenvalue weighted by Crippen LogP contribution is 2.50. The van der Waals surface area contributed by atoms with Crippen molar-refractivity contribution in [2.75, 3.05) is 35.0 Å². The number of hydrogen-bond acceptors (Lipinski definition) is 7. The van der Waals surface area contributed by atoms with Gasteiger partial charge >= 0.3 is 0 Å². The summed E-state index contributed by atoms with van der Waals surface area (Å²) >= 11 is 0. The Hall–Kier alpha value is -2.30. The lowest BCUT2D eigenvalue weighted by atomic mass is 9.88. The lowest BCUT2D eigenvalue weighted by molar-refractivity contribution is 0.0813. The zero-order chi connectivity index (χ0) is 27.9. The Kier molecular flexibility index (Phi) is 10.5. The van der Waals surface area contributed by atoms with Gasteiger partial charge in [0.2, 0.25) is 0 Å². The summed E-state index contributed by atoms with van der Waals surface area (Å²) in [5.41, 5.74) is 2.79. The Morgan fingerprint density at radius 3 is 2.45 bits per heavy atom. The molecule has 2 aromatic rings. The van der Waals surface area contributed by atoms with Crippen molar-refractivity contribution in [2.45, 2.75) is 72.1 Å². The first-order valence-corrected chi connectivity index (χ1v) is 15.3. The second-order valence-electron chi connectivity index (χ2n) is 11.3. The minimum absolute atomic E-state index is 0.0338. The van der Waals surface area contributed by atoms with Crippen molar-refractivity contribution in [3.05, 3.63) is 59.7 Å². The summed E-state index contributed by atoms with van der Waals surface area (Å²) in [5, 5.41) is 20.9. The molecule has 0 bridgehead atoms. The number of nitrogens with zero attached hydrogens (tertiary/aromatic N) is 1. The molecule has 212 valence electrons. The van der Waals surface area contributed by atoms with E-state index < -0.39 is 22.9 Å². The highest BCUT2D eigenvalue weighted by atomic mass is 32.3. The molecule has 0 aromatic heterocycles. The number of hydrogen-bond donors (Lipinski definition) is 6. The van der Waals surface area contributed by atoms with Gasteiger partial charge in [-0.3, -0.25) is 18.2 Å². The standard InChI is InChI=1S/C29H46N4O4S/c1-6-30-24-17-23(18-25(19-24)33-14-10-11-15-38(33,36)37)28(35)32-26(16-22-12-8-7-9-13-22)27(34)20-31-21(2)29(3,4)5/h7-9,12-13,17-19,21,26-27,30-31,34,36-37H,6,10-11,14-16,20H2,1-5H3,(H,32,35)/t21-,26?,27?/m0/s1. The van der Waals surface area contributed by atoms with Gasteiger partial charge in [0.05, 0.1) is 23.6 Å². The number of amides is 1. The van der Waals surface area contributed by atoms with Crippen LogP contribution in [0, 0.1) is 5.41 Å². The van der Waals surface area contributed by atoms with Crippen LogP contribution in [0.5, 0.6) is 0 Å². The molecule has 0 aliphatic carbocycles. The van der Waals surface area contributed by atoms with Crippen LogP contribution in [-0.2, 0) is 6.42 Å². The number of nitrogens with one attached hydrogen (secondary N) is 3. The van der Waals surface area contributed by atoms with Gasteiger partial charge in [0.15, 0.2) is 0 Å². The van der Waals surface area contributed by atoms with Gasteiger partial charge in [0.1, 0.15) is 0 Å². The maximum Gasteiger partial charge on any atom is 0.251 e. The van der Waals surface area contributed by atoms with Crippen LogP contribution >= 0.6 is 10.8 Å². The lowest BCUT2D eigenvalue weighted by Crippen LogP contribution is -2.51. The lowest BCUT2D eigenvalue weighted by Gasteiger charge is -2.47. The minimum atomic E-state index is -2.93. The Labute approximate surface area is 229 Å². The number of benzene rings is 2. The molecule has 1 aliphatic rings. The topological polar surface area (TPSA) is 117 Å². The number of aliphatic hydroxyl groups is 1. The van der Waals surface area contributed by atoms with E-state index in [2.05, 4.69) is 43.6 Å². The number of anilines is 2. The first-order valence-electron chi connectivity index (χ1n) is 13.6. The van der Waals surface area contributed by atoms with Gasteiger partial charge < -0.3 is 21.1 Å². The molecule has 1 fully saturated rings. The normalized spacial score (nSPS) is 18.8. The van der Waals surface area contributed by atoms with E-state index in [0.29, 0.717) is 43.1 Å². The Morgan fingerprint density at radius 1 is 1.11 bits per heavy atom. The van der Waals surface area contributed by atoms with Crippen LogP contribution in [-0.4, -0.2) is 63.7 Å². The Bertz CT molecular complexity index is 1040. The average molecular weight is 547 g/mol. The molecule has 3 rings (SSSR count). The summed E-state index contributed by atoms with van der Waals surface area (Å²) in [6, 6.07) is 14.8. The second kappa shape index (κ2) is 13.2. The number of rotatable bonds is 11. The summed E-state index contributed by atoms with van der Waals surface area (Å²) in [4.78, 5) is 13.6. The van der Waals surface area contributed by atoms with Gasteiger partial charge in [-0.25, -0.2) is 0 Å². The van der Waals surface area contributed by atoms with Crippen LogP contribution in [0.15, 0.2) is 48.5 Å². The minimum Gasteiger partial charge on any atom is -0.390 e. The SMILES string of the molecule is CCNc1cc(C(=O)NC(Cc2ccccc2)C(O)CN[C@@H](C)C(C)(C)C)cc(N2CCCCS2(O)O)c1. The fraction of sp³-hybridized carbons (Fsp3) is 0.552. The van der Waals surface area contributed by atoms with E-state index in [1.54, 1.807) is 16.4 Å². The zero-order valence-corrected chi connectivity index (χ0v) is 24.2. The van der Waals surface area contributed by atoms with Gasteiger partial charge in [-0.2, -0.15) is 0 Å². The summed E-state index contributed by atoms with van der Waals surface area (Å²) in [6.45, 7) is 12.0. The highest BCUT2D eigenvalue weighted by molar-refractivity contribution is 8.25. The largest absolute Gasteiger partial charge is 0.390 e. The predicted molar refractivity (Wildman–Crippen MR) is 159 cm³/mol. The molecule has 3 atom stereocenters. The molecular weight excluding hydrogens is 500 g/mol. The molecule has 9 heteroatoms. The van der Waals surface area contributed by atoms with Gasteiger partial charge in [-0.05, 0) is 62.3 Å². The second-order valence-corrected chi connectivity index (χ2v) is 13.4. The third-order valence-corrected chi connectivity index (χ3v) is 9.18. The van der Waals surface area contributed by atoms with E-state index in [-0.39, 0.29) is 17.4 Å². The van der Waals surface area contributed by atoms with Crippen LogP contribution in [0.1, 0.15) is 63.4 Å². The fourth-order valence-electron chi connectivity index (χ4n) is 4.45.